The molecule has 0 amide bonds. The average Bonchev–Trinajstić information content (AvgIpc) is 2.35. The van der Waals surface area contributed by atoms with Crippen LogP contribution in [0.4, 0.5) is 0 Å². The fraction of sp³-hybridized carbons (Fsp3) is 0.867. The normalized spacial score (nSPS) is 11.4. The van der Waals surface area contributed by atoms with E-state index in [1.807, 2.05) is 33.9 Å². The SMILES string of the molecule is CC(C)(C)[Si](C)(C)OOC(=O)CCCC(=O)O.CCCC. The van der Waals surface area contributed by atoms with Crippen molar-refractivity contribution in [2.75, 3.05) is 0 Å². The molecule has 0 aliphatic rings. The first-order chi connectivity index (χ1) is 9.47. The summed E-state index contributed by atoms with van der Waals surface area (Å²) in [7, 11) is -2.09. The Morgan fingerprint density at radius 3 is 1.86 bits per heavy atom. The molecule has 1 N–H and O–H groups in total. The van der Waals surface area contributed by atoms with Crippen molar-refractivity contribution >= 4 is 20.3 Å². The van der Waals surface area contributed by atoms with Crippen molar-refractivity contribution in [1.82, 2.24) is 0 Å². The fourth-order valence-corrected chi connectivity index (χ4v) is 1.25. The third kappa shape index (κ3) is 12.6. The summed E-state index contributed by atoms with van der Waals surface area (Å²) in [6.45, 7) is 14.4. The largest absolute Gasteiger partial charge is 0.481 e. The lowest BCUT2D eigenvalue weighted by Crippen LogP contribution is -2.41. The van der Waals surface area contributed by atoms with Crippen LogP contribution in [0.5, 0.6) is 0 Å². The Labute approximate surface area is 130 Å². The molecule has 0 saturated carbocycles. The van der Waals surface area contributed by atoms with Gasteiger partial charge in [0, 0.05) is 12.8 Å². The summed E-state index contributed by atoms with van der Waals surface area (Å²) in [5, 5.41) is 8.38. The van der Waals surface area contributed by atoms with Crippen LogP contribution in [0.3, 0.4) is 0 Å². The lowest BCUT2D eigenvalue weighted by Gasteiger charge is -2.33. The Hall–Kier alpha value is -0.883. The van der Waals surface area contributed by atoms with E-state index in [2.05, 4.69) is 13.8 Å². The van der Waals surface area contributed by atoms with Crippen molar-refractivity contribution in [2.24, 2.45) is 0 Å². The first-order valence-corrected chi connectivity index (χ1v) is 10.5. The molecule has 0 unspecified atom stereocenters. The molecule has 0 aromatic rings. The summed E-state index contributed by atoms with van der Waals surface area (Å²) < 4.78 is 5.26. The van der Waals surface area contributed by atoms with E-state index in [-0.39, 0.29) is 24.3 Å². The molecule has 126 valence electrons. The lowest BCUT2D eigenvalue weighted by atomic mass is 10.2. The van der Waals surface area contributed by atoms with E-state index in [1.165, 1.54) is 12.8 Å². The molecule has 0 saturated heterocycles. The molecular formula is C15H32O5Si. The van der Waals surface area contributed by atoms with E-state index in [1.54, 1.807) is 0 Å². The fourth-order valence-electron chi connectivity index (χ4n) is 0.701. The monoisotopic (exact) mass is 320 g/mol. The molecule has 0 fully saturated rings. The molecule has 0 spiro atoms. The predicted molar refractivity (Wildman–Crippen MR) is 86.4 cm³/mol. The zero-order valence-corrected chi connectivity index (χ0v) is 15.6. The second-order valence-corrected chi connectivity index (χ2v) is 11.2. The van der Waals surface area contributed by atoms with Crippen LogP contribution in [-0.4, -0.2) is 25.4 Å². The Morgan fingerprint density at radius 2 is 1.52 bits per heavy atom. The third-order valence-corrected chi connectivity index (χ3v) is 7.53. The summed E-state index contributed by atoms with van der Waals surface area (Å²) in [5.41, 5.74) is 0. The van der Waals surface area contributed by atoms with Gasteiger partial charge in [-0.1, -0.05) is 47.5 Å². The van der Waals surface area contributed by atoms with Crippen LogP contribution >= 0.6 is 0 Å². The molecule has 0 bridgehead atoms. The van der Waals surface area contributed by atoms with Crippen LogP contribution in [0.15, 0.2) is 0 Å². The standard InChI is InChI=1S/C11H22O5Si.C4H10/c1-11(2,3)17(4,5)16-15-10(14)8-6-7-9(12)13;1-3-4-2/h6-8H2,1-5H3,(H,12,13);3-4H2,1-2H3. The van der Waals surface area contributed by atoms with Crippen LogP contribution in [0, 0.1) is 0 Å². The van der Waals surface area contributed by atoms with Crippen LogP contribution < -0.4 is 0 Å². The zero-order chi connectivity index (χ0) is 17.1. The number of carboxylic acid groups (broad SMARTS) is 1. The Kier molecular flexibility index (Phi) is 11.5. The van der Waals surface area contributed by atoms with Crippen molar-refractivity contribution in [3.8, 4) is 0 Å². The third-order valence-electron chi connectivity index (χ3n) is 3.42. The minimum absolute atomic E-state index is 0.0325. The number of hydrogen-bond donors (Lipinski definition) is 1. The Morgan fingerprint density at radius 1 is 1.05 bits per heavy atom. The van der Waals surface area contributed by atoms with Gasteiger partial charge in [-0.05, 0) is 24.6 Å². The van der Waals surface area contributed by atoms with Crippen LogP contribution in [0.1, 0.15) is 66.7 Å². The molecule has 5 nitrogen and oxygen atoms in total. The Bertz CT molecular complexity index is 306. The minimum Gasteiger partial charge on any atom is -0.481 e. The van der Waals surface area contributed by atoms with Gasteiger partial charge >= 0.3 is 11.9 Å². The van der Waals surface area contributed by atoms with Gasteiger partial charge < -0.3 is 9.99 Å². The first kappa shape index (κ1) is 22.4. The van der Waals surface area contributed by atoms with Crippen LogP contribution in [0.2, 0.25) is 18.1 Å². The van der Waals surface area contributed by atoms with Gasteiger partial charge in [-0.2, -0.15) is 0 Å². The average molecular weight is 321 g/mol. The number of carbonyl (C=O) groups excluding carboxylic acids is 1. The molecule has 21 heavy (non-hydrogen) atoms. The first-order valence-electron chi connectivity index (χ1n) is 7.58. The summed E-state index contributed by atoms with van der Waals surface area (Å²) in [4.78, 5) is 26.3. The molecule has 6 heteroatoms. The molecule has 0 radical (unpaired) electrons. The topological polar surface area (TPSA) is 72.8 Å². The molecule has 0 aromatic carbocycles. The van der Waals surface area contributed by atoms with Crippen LogP contribution in [0.25, 0.3) is 0 Å². The summed E-state index contributed by atoms with van der Waals surface area (Å²) in [5.74, 6) is -1.42. The van der Waals surface area contributed by atoms with E-state index in [0.717, 1.165) is 0 Å². The smallest absolute Gasteiger partial charge is 0.340 e. The molecule has 0 atom stereocenters. The number of carboxylic acids is 1. The molecule has 0 aliphatic heterocycles. The second-order valence-electron chi connectivity index (χ2n) is 6.55. The van der Waals surface area contributed by atoms with E-state index in [9.17, 15) is 9.59 Å². The highest BCUT2D eigenvalue weighted by Gasteiger charge is 2.40. The van der Waals surface area contributed by atoms with Gasteiger partial charge in [0.2, 0.25) is 0 Å². The lowest BCUT2D eigenvalue weighted by molar-refractivity contribution is -0.221. The molecule has 0 heterocycles. The zero-order valence-electron chi connectivity index (χ0n) is 14.6. The maximum absolute atomic E-state index is 11.3. The highest BCUT2D eigenvalue weighted by Crippen LogP contribution is 2.36. The quantitative estimate of drug-likeness (QED) is 0.424. The van der Waals surface area contributed by atoms with Gasteiger partial charge in [-0.3, -0.25) is 4.79 Å². The minimum atomic E-state index is -2.09. The number of hydrogen-bond acceptors (Lipinski definition) is 4. The number of carbonyl (C=O) groups is 2. The highest BCUT2D eigenvalue weighted by molar-refractivity contribution is 6.73. The molecule has 0 rings (SSSR count). The maximum atomic E-state index is 11.3. The van der Waals surface area contributed by atoms with Gasteiger partial charge in [-0.25, -0.2) is 9.37 Å². The summed E-state index contributed by atoms with van der Waals surface area (Å²) >= 11 is 0. The van der Waals surface area contributed by atoms with E-state index in [4.69, 9.17) is 14.6 Å². The Balaban J connectivity index is 0. The van der Waals surface area contributed by atoms with Crippen molar-refractivity contribution in [3.05, 3.63) is 0 Å². The van der Waals surface area contributed by atoms with E-state index >= 15 is 0 Å². The highest BCUT2D eigenvalue weighted by atomic mass is 28.4. The predicted octanol–water partition coefficient (Wildman–Crippen LogP) is 4.53. The maximum Gasteiger partial charge on any atom is 0.340 e. The van der Waals surface area contributed by atoms with Gasteiger partial charge in [0.05, 0.1) is 0 Å². The van der Waals surface area contributed by atoms with E-state index in [0.29, 0.717) is 0 Å². The van der Waals surface area contributed by atoms with Crippen molar-refractivity contribution < 1.29 is 24.2 Å². The molecule has 0 aliphatic carbocycles. The molecule has 0 aromatic heterocycles. The van der Waals surface area contributed by atoms with Crippen molar-refractivity contribution in [2.45, 2.75) is 84.9 Å². The number of aliphatic carboxylic acids is 1. The van der Waals surface area contributed by atoms with Gasteiger partial charge in [0.15, 0.2) is 0 Å². The number of unbranched alkanes of at least 4 members (excludes halogenated alkanes) is 1. The summed E-state index contributed by atoms with van der Waals surface area (Å²) in [6.07, 6.45) is 2.95. The molecular weight excluding hydrogens is 288 g/mol. The van der Waals surface area contributed by atoms with Gasteiger partial charge in [0.25, 0.3) is 8.32 Å². The second kappa shape index (κ2) is 10.8. The van der Waals surface area contributed by atoms with Crippen molar-refractivity contribution in [1.29, 1.82) is 0 Å². The van der Waals surface area contributed by atoms with Crippen LogP contribution in [-0.2, 0) is 19.1 Å². The van der Waals surface area contributed by atoms with Gasteiger partial charge in [-0.15, -0.1) is 0 Å². The summed E-state index contributed by atoms with van der Waals surface area (Å²) in [6, 6.07) is 0. The van der Waals surface area contributed by atoms with E-state index < -0.39 is 20.3 Å². The number of rotatable bonds is 7. The van der Waals surface area contributed by atoms with Gasteiger partial charge in [0.1, 0.15) is 0 Å². The van der Waals surface area contributed by atoms with Crippen molar-refractivity contribution in [3.63, 3.8) is 0 Å².